The number of nitrogens with zero attached hydrogens (tertiary/aromatic N) is 1. The van der Waals surface area contributed by atoms with Gasteiger partial charge in [0, 0.05) is 11.4 Å². The molecule has 1 aliphatic heterocycles. The fourth-order valence-electron chi connectivity index (χ4n) is 1.54. The lowest BCUT2D eigenvalue weighted by atomic mass is 9.99. The molecule has 0 saturated carbocycles. The molecule has 0 bridgehead atoms. The highest BCUT2D eigenvalue weighted by molar-refractivity contribution is 9.09. The van der Waals surface area contributed by atoms with Crippen LogP contribution < -0.4 is 0 Å². The Morgan fingerprint density at radius 2 is 2.09 bits per heavy atom. The molecule has 1 heterocycles. The van der Waals surface area contributed by atoms with Gasteiger partial charge < -0.3 is 10.2 Å². The molecule has 66 valence electrons. The van der Waals surface area contributed by atoms with E-state index >= 15 is 0 Å². The van der Waals surface area contributed by atoms with E-state index in [-0.39, 0.29) is 13.2 Å². The zero-order valence-corrected chi connectivity index (χ0v) is 8.21. The quantitative estimate of drug-likeness (QED) is 0.639. The maximum Gasteiger partial charge on any atom is 0.0682 e. The van der Waals surface area contributed by atoms with Crippen LogP contribution in [0, 0.1) is 0 Å². The third-order valence-electron chi connectivity index (χ3n) is 2.47. The molecule has 1 rings (SSSR count). The Balaban J connectivity index is 2.67. The van der Waals surface area contributed by atoms with Crippen molar-refractivity contribution in [2.24, 2.45) is 0 Å². The van der Waals surface area contributed by atoms with Crippen LogP contribution in [0.2, 0.25) is 0 Å². The molecule has 0 spiro atoms. The van der Waals surface area contributed by atoms with Crippen molar-refractivity contribution < 1.29 is 10.2 Å². The third-order valence-corrected chi connectivity index (χ3v) is 3.09. The zero-order valence-electron chi connectivity index (χ0n) is 6.63. The predicted octanol–water partition coefficient (Wildman–Crippen LogP) is -0.191. The van der Waals surface area contributed by atoms with E-state index in [1.807, 2.05) is 11.9 Å². The van der Waals surface area contributed by atoms with Crippen LogP contribution in [0.3, 0.4) is 0 Å². The molecule has 0 amide bonds. The van der Waals surface area contributed by atoms with Crippen molar-refractivity contribution in [3.63, 3.8) is 0 Å². The maximum atomic E-state index is 9.08. The first-order valence-corrected chi connectivity index (χ1v) is 4.63. The third kappa shape index (κ3) is 1.59. The molecule has 3 nitrogen and oxygen atoms in total. The van der Waals surface area contributed by atoms with Crippen molar-refractivity contribution in [1.29, 1.82) is 0 Å². The van der Waals surface area contributed by atoms with Crippen molar-refractivity contribution >= 4 is 15.9 Å². The molecule has 2 N–H and O–H groups in total. The Kier molecular flexibility index (Phi) is 2.91. The topological polar surface area (TPSA) is 43.7 Å². The highest BCUT2D eigenvalue weighted by Crippen LogP contribution is 2.30. The van der Waals surface area contributed by atoms with E-state index in [1.165, 1.54) is 0 Å². The number of rotatable bonds is 2. The number of hydrogen-bond donors (Lipinski definition) is 2. The Hall–Kier alpha value is 0.360. The second-order valence-corrected chi connectivity index (χ2v) is 4.52. The molecule has 0 aromatic carbocycles. The number of alkyl halides is 1. The summed E-state index contributed by atoms with van der Waals surface area (Å²) in [6.07, 6.45) is 0.816. The van der Waals surface area contributed by atoms with Gasteiger partial charge in [0.15, 0.2) is 0 Å². The second kappa shape index (κ2) is 3.39. The van der Waals surface area contributed by atoms with E-state index in [1.54, 1.807) is 0 Å². The van der Waals surface area contributed by atoms with Gasteiger partial charge in [0.1, 0.15) is 0 Å². The first-order chi connectivity index (χ1) is 5.14. The molecule has 0 radical (unpaired) electrons. The summed E-state index contributed by atoms with van der Waals surface area (Å²) in [5.41, 5.74) is -0.395. The van der Waals surface area contributed by atoms with Crippen molar-refractivity contribution in [1.82, 2.24) is 4.90 Å². The van der Waals surface area contributed by atoms with Crippen molar-refractivity contribution in [2.75, 3.05) is 26.8 Å². The molecule has 0 aromatic heterocycles. The summed E-state index contributed by atoms with van der Waals surface area (Å²) < 4.78 is 0. The molecule has 1 aliphatic rings. The number of hydrogen-bond acceptors (Lipinski definition) is 3. The van der Waals surface area contributed by atoms with Crippen LogP contribution in [0.15, 0.2) is 0 Å². The van der Waals surface area contributed by atoms with E-state index in [4.69, 9.17) is 10.2 Å². The van der Waals surface area contributed by atoms with Crippen LogP contribution in [0.5, 0.6) is 0 Å². The van der Waals surface area contributed by atoms with Crippen LogP contribution in [0.4, 0.5) is 0 Å². The molecule has 1 unspecified atom stereocenters. The lowest BCUT2D eigenvalue weighted by Gasteiger charge is -2.31. The second-order valence-electron chi connectivity index (χ2n) is 3.22. The monoisotopic (exact) mass is 223 g/mol. The normalized spacial score (nSPS) is 31.1. The first kappa shape index (κ1) is 9.45. The summed E-state index contributed by atoms with van der Waals surface area (Å²) in [6.45, 7) is 0.950. The predicted molar refractivity (Wildman–Crippen MR) is 46.9 cm³/mol. The van der Waals surface area contributed by atoms with Crippen LogP contribution in [0.25, 0.3) is 0 Å². The lowest BCUT2D eigenvalue weighted by Crippen LogP contribution is -2.47. The van der Waals surface area contributed by atoms with E-state index in [2.05, 4.69) is 15.9 Å². The fraction of sp³-hybridized carbons (Fsp3) is 1.00. The maximum absolute atomic E-state index is 9.08. The van der Waals surface area contributed by atoms with Gasteiger partial charge in [-0.1, -0.05) is 15.9 Å². The fourth-order valence-corrected chi connectivity index (χ4v) is 2.58. The minimum Gasteiger partial charge on any atom is -0.394 e. The van der Waals surface area contributed by atoms with Gasteiger partial charge in [-0.3, -0.25) is 4.90 Å². The molecular weight excluding hydrogens is 210 g/mol. The van der Waals surface area contributed by atoms with Gasteiger partial charge in [-0.05, 0) is 13.5 Å². The van der Waals surface area contributed by atoms with Gasteiger partial charge in [0.05, 0.1) is 18.8 Å². The summed E-state index contributed by atoms with van der Waals surface area (Å²) in [5, 5.41) is 18.2. The summed E-state index contributed by atoms with van der Waals surface area (Å²) in [4.78, 5) is 2.40. The average molecular weight is 224 g/mol. The highest BCUT2D eigenvalue weighted by atomic mass is 79.9. The molecule has 1 saturated heterocycles. The Labute approximate surface area is 75.1 Å². The standard InChI is InChI=1S/C7H14BrNO2/c1-9-3-6(8)2-7(9,4-10)5-11/h6,10-11H,2-5H2,1H3. The summed E-state index contributed by atoms with van der Waals surface area (Å²) in [5.74, 6) is 0. The number of halogens is 1. The van der Waals surface area contributed by atoms with Gasteiger partial charge in [0.2, 0.25) is 0 Å². The van der Waals surface area contributed by atoms with Crippen LogP contribution in [-0.2, 0) is 0 Å². The summed E-state index contributed by atoms with van der Waals surface area (Å²) in [7, 11) is 1.92. The smallest absolute Gasteiger partial charge is 0.0682 e. The minimum absolute atomic E-state index is 0.0299. The van der Waals surface area contributed by atoms with Crippen LogP contribution in [0.1, 0.15) is 6.42 Å². The largest absolute Gasteiger partial charge is 0.394 e. The van der Waals surface area contributed by atoms with E-state index < -0.39 is 5.54 Å². The molecule has 4 heteroatoms. The van der Waals surface area contributed by atoms with E-state index in [0.717, 1.165) is 13.0 Å². The van der Waals surface area contributed by atoms with Crippen molar-refractivity contribution in [3.8, 4) is 0 Å². The van der Waals surface area contributed by atoms with Gasteiger partial charge in [-0.25, -0.2) is 0 Å². The van der Waals surface area contributed by atoms with Gasteiger partial charge in [0.25, 0.3) is 0 Å². The molecule has 0 aliphatic carbocycles. The van der Waals surface area contributed by atoms with Gasteiger partial charge in [-0.15, -0.1) is 0 Å². The highest BCUT2D eigenvalue weighted by Gasteiger charge is 2.41. The minimum atomic E-state index is -0.395. The summed E-state index contributed by atoms with van der Waals surface area (Å²) >= 11 is 3.47. The number of likely N-dealkylation sites (tertiary alicyclic amines) is 1. The van der Waals surface area contributed by atoms with Gasteiger partial charge >= 0.3 is 0 Å². The molecule has 11 heavy (non-hydrogen) atoms. The van der Waals surface area contributed by atoms with Crippen LogP contribution >= 0.6 is 15.9 Å². The Morgan fingerprint density at radius 3 is 2.27 bits per heavy atom. The molecule has 1 atom stereocenters. The van der Waals surface area contributed by atoms with E-state index in [0.29, 0.717) is 4.83 Å². The first-order valence-electron chi connectivity index (χ1n) is 3.71. The number of aliphatic hydroxyl groups excluding tert-OH is 2. The zero-order chi connectivity index (χ0) is 8.48. The Morgan fingerprint density at radius 1 is 1.55 bits per heavy atom. The number of likely N-dealkylation sites (N-methyl/N-ethyl adjacent to an activating group) is 1. The Bertz CT molecular complexity index is 138. The summed E-state index contributed by atoms with van der Waals surface area (Å²) in [6, 6.07) is 0. The van der Waals surface area contributed by atoms with Gasteiger partial charge in [-0.2, -0.15) is 0 Å². The number of aliphatic hydroxyl groups is 2. The molecular formula is C7H14BrNO2. The molecule has 0 aromatic rings. The average Bonchev–Trinajstić information content (AvgIpc) is 2.27. The van der Waals surface area contributed by atoms with E-state index in [9.17, 15) is 0 Å². The lowest BCUT2D eigenvalue weighted by molar-refractivity contribution is 0.0304. The van der Waals surface area contributed by atoms with Crippen molar-refractivity contribution in [3.05, 3.63) is 0 Å². The van der Waals surface area contributed by atoms with Crippen molar-refractivity contribution in [2.45, 2.75) is 16.8 Å². The molecule has 1 fully saturated rings. The van der Waals surface area contributed by atoms with Crippen LogP contribution in [-0.4, -0.2) is 52.3 Å². The SMILES string of the molecule is CN1CC(Br)CC1(CO)CO.